The summed E-state index contributed by atoms with van der Waals surface area (Å²) in [6, 6.07) is 13.6. The molecule has 33 heavy (non-hydrogen) atoms. The van der Waals surface area contributed by atoms with Crippen molar-refractivity contribution < 1.29 is 23.1 Å². The maximum absolute atomic E-state index is 13.0. The van der Waals surface area contributed by atoms with E-state index < -0.39 is 34.4 Å². The van der Waals surface area contributed by atoms with Gasteiger partial charge in [-0.15, -0.1) is 0 Å². The molecule has 0 unspecified atom stereocenters. The molecule has 2 heterocycles. The van der Waals surface area contributed by atoms with E-state index in [4.69, 9.17) is 16.3 Å². The number of hydrogen-bond donors (Lipinski definition) is 2. The first-order valence-electron chi connectivity index (χ1n) is 10.0. The fraction of sp³-hybridized carbons (Fsp3) is 0.227. The number of benzene rings is 2. The molecular weight excluding hydrogens is 468 g/mol. The number of carbonyl (C=O) groups is 1. The van der Waals surface area contributed by atoms with E-state index in [0.717, 1.165) is 4.31 Å². The molecule has 1 saturated heterocycles. The summed E-state index contributed by atoms with van der Waals surface area (Å²) in [5.74, 6) is -1.16. The fourth-order valence-corrected chi connectivity index (χ4v) is 5.41. The van der Waals surface area contributed by atoms with Crippen LogP contribution in [0.25, 0.3) is 16.6 Å². The molecule has 0 aliphatic carbocycles. The van der Waals surface area contributed by atoms with Crippen molar-refractivity contribution in [3.8, 4) is 6.07 Å². The van der Waals surface area contributed by atoms with Crippen molar-refractivity contribution in [2.75, 3.05) is 13.2 Å². The lowest BCUT2D eigenvalue weighted by atomic mass is 10.2. The molecule has 2 aromatic carbocycles. The monoisotopic (exact) mass is 486 g/mol. The Balaban J connectivity index is 1.50. The maximum Gasteiger partial charge on any atom is 0.324 e. The molecule has 1 atom stereocenters. The van der Waals surface area contributed by atoms with Gasteiger partial charge < -0.3 is 14.8 Å². The highest BCUT2D eigenvalue weighted by Gasteiger charge is 2.40. The van der Waals surface area contributed by atoms with Gasteiger partial charge in [-0.05, 0) is 49.2 Å². The minimum absolute atomic E-state index is 0.0194. The van der Waals surface area contributed by atoms with Gasteiger partial charge in [0.1, 0.15) is 24.3 Å². The Hall–Kier alpha value is -3.39. The van der Waals surface area contributed by atoms with E-state index in [-0.39, 0.29) is 29.3 Å². The van der Waals surface area contributed by atoms with Gasteiger partial charge in [-0.3, -0.25) is 4.79 Å². The summed E-state index contributed by atoms with van der Waals surface area (Å²) in [7, 11) is -3.94. The van der Waals surface area contributed by atoms with Crippen LogP contribution < -0.4 is 0 Å². The number of hydrogen-bond acceptors (Lipinski definition) is 7. The SMILES string of the molecule is N#C/C(=C(/O)COC(=O)[C@@H]1CCCN1S(=O)(=O)c1ccc(Cl)cc1)c1nc2ccccc2[nH]1. The smallest absolute Gasteiger partial charge is 0.324 e. The van der Waals surface area contributed by atoms with Gasteiger partial charge in [0.05, 0.1) is 15.9 Å². The third kappa shape index (κ3) is 4.57. The minimum Gasteiger partial charge on any atom is -0.507 e. The summed E-state index contributed by atoms with van der Waals surface area (Å²) in [4.78, 5) is 19.9. The molecule has 2 N–H and O–H groups in total. The van der Waals surface area contributed by atoms with E-state index in [1.165, 1.54) is 24.3 Å². The van der Waals surface area contributed by atoms with Crippen molar-refractivity contribution >= 4 is 44.2 Å². The number of H-pyrrole nitrogens is 1. The van der Waals surface area contributed by atoms with Gasteiger partial charge in [-0.2, -0.15) is 9.57 Å². The van der Waals surface area contributed by atoms with Crippen molar-refractivity contribution in [1.82, 2.24) is 14.3 Å². The first kappa shape index (κ1) is 22.8. The number of sulfonamides is 1. The molecule has 0 saturated carbocycles. The van der Waals surface area contributed by atoms with Crippen molar-refractivity contribution in [3.63, 3.8) is 0 Å². The highest BCUT2D eigenvalue weighted by Crippen LogP contribution is 2.28. The molecule has 1 fully saturated rings. The number of nitriles is 1. The summed E-state index contributed by atoms with van der Waals surface area (Å²) in [6.07, 6.45) is 0.766. The number of imidazole rings is 1. The standard InChI is InChI=1S/C22H19ClN4O5S/c23-14-7-9-15(10-8-14)33(30,31)27-11-3-6-19(27)22(29)32-13-20(28)16(12-24)21-25-17-4-1-2-5-18(17)26-21/h1-2,4-5,7-10,19,28H,3,6,11,13H2,(H,25,26)/b20-16-/t19-/m0/s1. The molecule has 11 heteroatoms. The normalized spacial score (nSPS) is 17.5. The number of para-hydroxylation sites is 2. The first-order valence-corrected chi connectivity index (χ1v) is 11.8. The molecule has 4 rings (SSSR count). The summed E-state index contributed by atoms with van der Waals surface area (Å²) < 4.78 is 32.2. The lowest BCUT2D eigenvalue weighted by molar-refractivity contribution is -0.147. The predicted molar refractivity (Wildman–Crippen MR) is 121 cm³/mol. The van der Waals surface area contributed by atoms with E-state index in [9.17, 15) is 23.6 Å². The Morgan fingerprint density at radius 2 is 2.00 bits per heavy atom. The largest absolute Gasteiger partial charge is 0.507 e. The number of aliphatic hydroxyl groups is 1. The zero-order chi connectivity index (χ0) is 23.6. The Bertz CT molecular complexity index is 1340. The van der Waals surface area contributed by atoms with Gasteiger partial charge in [0, 0.05) is 11.6 Å². The molecule has 1 aromatic heterocycles. The van der Waals surface area contributed by atoms with Gasteiger partial charge in [0.2, 0.25) is 10.0 Å². The third-order valence-electron chi connectivity index (χ3n) is 5.27. The van der Waals surface area contributed by atoms with Gasteiger partial charge in [-0.1, -0.05) is 23.7 Å². The highest BCUT2D eigenvalue weighted by atomic mass is 35.5. The van der Waals surface area contributed by atoms with E-state index in [1.54, 1.807) is 24.3 Å². The van der Waals surface area contributed by atoms with Crippen LogP contribution in [0.2, 0.25) is 5.02 Å². The van der Waals surface area contributed by atoms with E-state index in [1.807, 2.05) is 6.07 Å². The van der Waals surface area contributed by atoms with Crippen LogP contribution in [0.3, 0.4) is 0 Å². The fourth-order valence-electron chi connectivity index (χ4n) is 3.64. The van der Waals surface area contributed by atoms with Gasteiger partial charge >= 0.3 is 5.97 Å². The number of esters is 1. The highest BCUT2D eigenvalue weighted by molar-refractivity contribution is 7.89. The Labute approximate surface area is 194 Å². The quantitative estimate of drug-likeness (QED) is 0.309. The van der Waals surface area contributed by atoms with Crippen LogP contribution in [-0.4, -0.2) is 53.0 Å². The predicted octanol–water partition coefficient (Wildman–Crippen LogP) is 3.41. The van der Waals surface area contributed by atoms with Crippen molar-refractivity contribution in [2.45, 2.75) is 23.8 Å². The molecule has 9 nitrogen and oxygen atoms in total. The van der Waals surface area contributed by atoms with E-state index in [2.05, 4.69) is 9.97 Å². The summed E-state index contributed by atoms with van der Waals surface area (Å²) in [5, 5.41) is 20.3. The molecule has 0 bridgehead atoms. The molecule has 3 aromatic rings. The second-order valence-corrected chi connectivity index (χ2v) is 9.70. The lowest BCUT2D eigenvalue weighted by Gasteiger charge is -2.22. The molecular formula is C22H19ClN4O5S. The van der Waals surface area contributed by atoms with E-state index in [0.29, 0.717) is 22.5 Å². The number of fused-ring (bicyclic) bond motifs is 1. The molecule has 0 amide bonds. The second kappa shape index (κ2) is 9.23. The van der Waals surface area contributed by atoms with Crippen LogP contribution in [0, 0.1) is 11.3 Å². The molecule has 1 aliphatic heterocycles. The number of aromatic amines is 1. The summed E-state index contributed by atoms with van der Waals surface area (Å²) in [6.45, 7) is -0.431. The van der Waals surface area contributed by atoms with Gasteiger partial charge in [-0.25, -0.2) is 13.4 Å². The number of nitrogens with one attached hydrogen (secondary N) is 1. The first-order chi connectivity index (χ1) is 15.8. The minimum atomic E-state index is -3.94. The topological polar surface area (TPSA) is 136 Å². The van der Waals surface area contributed by atoms with Crippen molar-refractivity contribution in [3.05, 3.63) is 65.1 Å². The Morgan fingerprint density at radius 3 is 2.70 bits per heavy atom. The number of allylic oxidation sites excluding steroid dienone is 1. The van der Waals surface area contributed by atoms with Gasteiger partial charge in [0.25, 0.3) is 0 Å². The van der Waals surface area contributed by atoms with Gasteiger partial charge in [0.15, 0.2) is 11.6 Å². The number of carbonyl (C=O) groups excluding carboxylic acids is 1. The molecule has 0 radical (unpaired) electrons. The molecule has 0 spiro atoms. The van der Waals surface area contributed by atoms with Crippen LogP contribution in [0.15, 0.2) is 59.2 Å². The Kier molecular flexibility index (Phi) is 6.37. The number of halogens is 1. The summed E-state index contributed by atoms with van der Waals surface area (Å²) >= 11 is 5.84. The van der Waals surface area contributed by atoms with Crippen LogP contribution >= 0.6 is 11.6 Å². The summed E-state index contributed by atoms with van der Waals surface area (Å²) in [5.41, 5.74) is 1.12. The number of rotatable bonds is 6. The van der Waals surface area contributed by atoms with E-state index >= 15 is 0 Å². The number of aromatic nitrogens is 2. The van der Waals surface area contributed by atoms with Crippen LogP contribution in [0.4, 0.5) is 0 Å². The number of nitrogens with zero attached hydrogens (tertiary/aromatic N) is 3. The second-order valence-electron chi connectivity index (χ2n) is 7.37. The molecule has 170 valence electrons. The number of ether oxygens (including phenoxy) is 1. The lowest BCUT2D eigenvalue weighted by Crippen LogP contribution is -2.41. The van der Waals surface area contributed by atoms with Crippen molar-refractivity contribution in [2.24, 2.45) is 0 Å². The average molecular weight is 487 g/mol. The number of aliphatic hydroxyl groups excluding tert-OH is 1. The average Bonchev–Trinajstić information content (AvgIpc) is 3.46. The zero-order valence-corrected chi connectivity index (χ0v) is 18.8. The maximum atomic E-state index is 13.0. The van der Waals surface area contributed by atoms with Crippen molar-refractivity contribution in [1.29, 1.82) is 5.26 Å². The molecule has 1 aliphatic rings. The Morgan fingerprint density at radius 1 is 1.27 bits per heavy atom. The van der Waals surface area contributed by atoms with Crippen LogP contribution in [0.5, 0.6) is 0 Å². The van der Waals surface area contributed by atoms with Crippen LogP contribution in [-0.2, 0) is 19.6 Å². The third-order valence-corrected chi connectivity index (χ3v) is 7.45. The zero-order valence-electron chi connectivity index (χ0n) is 17.2. The van der Waals surface area contributed by atoms with Crippen LogP contribution in [0.1, 0.15) is 18.7 Å².